The molecule has 1 aromatic carbocycles. The second-order valence-corrected chi connectivity index (χ2v) is 6.75. The summed E-state index contributed by atoms with van der Waals surface area (Å²) in [6, 6.07) is 5.27. The van der Waals surface area contributed by atoms with Gasteiger partial charge in [-0.2, -0.15) is 12.7 Å². The van der Waals surface area contributed by atoms with E-state index in [1.165, 1.54) is 4.31 Å². The Hall–Kier alpha value is -0.820. The van der Waals surface area contributed by atoms with Crippen molar-refractivity contribution in [1.29, 1.82) is 0 Å². The van der Waals surface area contributed by atoms with E-state index in [9.17, 15) is 8.42 Å². The molecule has 0 unspecified atom stereocenters. The lowest BCUT2D eigenvalue weighted by atomic mass is 10.2. The van der Waals surface area contributed by atoms with Crippen LogP contribution >= 0.6 is 11.6 Å². The second kappa shape index (κ2) is 7.83. The van der Waals surface area contributed by atoms with Gasteiger partial charge in [0.1, 0.15) is 0 Å². The first-order valence-corrected chi connectivity index (χ1v) is 8.40. The Morgan fingerprint density at radius 2 is 2.05 bits per heavy atom. The number of para-hydroxylation sites is 1. The molecule has 0 amide bonds. The maximum Gasteiger partial charge on any atom is 0.301 e. The minimum atomic E-state index is -3.57. The van der Waals surface area contributed by atoms with Gasteiger partial charge >= 0.3 is 10.2 Å². The second-order valence-electron chi connectivity index (χ2n) is 4.57. The van der Waals surface area contributed by atoms with Crippen LogP contribution in [0.4, 0.5) is 5.69 Å². The van der Waals surface area contributed by atoms with E-state index in [1.807, 2.05) is 19.9 Å². The Labute approximate surface area is 126 Å². The Bertz CT molecular complexity index is 514. The van der Waals surface area contributed by atoms with E-state index in [1.54, 1.807) is 19.2 Å². The lowest BCUT2D eigenvalue weighted by Gasteiger charge is -2.19. The first-order valence-electron chi connectivity index (χ1n) is 6.58. The summed E-state index contributed by atoms with van der Waals surface area (Å²) in [5.74, 6) is 0. The molecule has 5 nitrogen and oxygen atoms in total. The third kappa shape index (κ3) is 4.94. The van der Waals surface area contributed by atoms with Crippen molar-refractivity contribution in [3.05, 3.63) is 28.8 Å². The van der Waals surface area contributed by atoms with E-state index < -0.39 is 10.2 Å². The van der Waals surface area contributed by atoms with Crippen LogP contribution < -0.4 is 10.0 Å². The predicted molar refractivity (Wildman–Crippen MR) is 84.5 cm³/mol. The Kier molecular flexibility index (Phi) is 6.75. The number of anilines is 1. The monoisotopic (exact) mass is 319 g/mol. The molecular weight excluding hydrogens is 298 g/mol. The molecule has 0 fully saturated rings. The molecule has 0 bridgehead atoms. The van der Waals surface area contributed by atoms with E-state index >= 15 is 0 Å². The van der Waals surface area contributed by atoms with E-state index in [-0.39, 0.29) is 0 Å². The van der Waals surface area contributed by atoms with Gasteiger partial charge in [0.25, 0.3) is 0 Å². The largest absolute Gasteiger partial charge is 0.317 e. The molecule has 0 radical (unpaired) electrons. The van der Waals surface area contributed by atoms with Crippen LogP contribution in [0.3, 0.4) is 0 Å². The summed E-state index contributed by atoms with van der Waals surface area (Å²) in [5, 5.41) is 3.56. The van der Waals surface area contributed by atoms with Gasteiger partial charge in [0, 0.05) is 13.6 Å². The zero-order valence-electron chi connectivity index (χ0n) is 12.1. The Morgan fingerprint density at radius 1 is 1.35 bits per heavy atom. The smallest absolute Gasteiger partial charge is 0.301 e. The van der Waals surface area contributed by atoms with Crippen LogP contribution in [-0.2, 0) is 10.2 Å². The summed E-state index contributed by atoms with van der Waals surface area (Å²) in [7, 11) is -2.02. The number of aryl methyl sites for hydroxylation is 1. The van der Waals surface area contributed by atoms with E-state index in [0.717, 1.165) is 25.1 Å². The number of hydrogen-bond donors (Lipinski definition) is 2. The number of hydrogen-bond acceptors (Lipinski definition) is 3. The van der Waals surface area contributed by atoms with Crippen molar-refractivity contribution in [3.63, 3.8) is 0 Å². The van der Waals surface area contributed by atoms with Crippen molar-refractivity contribution in [1.82, 2.24) is 9.62 Å². The van der Waals surface area contributed by atoms with Crippen molar-refractivity contribution in [3.8, 4) is 0 Å². The molecule has 0 aliphatic heterocycles. The van der Waals surface area contributed by atoms with Gasteiger partial charge in [-0.25, -0.2) is 0 Å². The normalized spacial score (nSPS) is 11.8. The minimum absolute atomic E-state index is 0.398. The van der Waals surface area contributed by atoms with Crippen LogP contribution in [0, 0.1) is 6.92 Å². The van der Waals surface area contributed by atoms with Crippen molar-refractivity contribution in [2.45, 2.75) is 20.3 Å². The average Bonchev–Trinajstić information content (AvgIpc) is 2.39. The zero-order valence-corrected chi connectivity index (χ0v) is 13.7. The maximum atomic E-state index is 12.2. The molecular formula is C13H22ClN3O2S. The van der Waals surface area contributed by atoms with Gasteiger partial charge in [-0.3, -0.25) is 4.72 Å². The Balaban J connectivity index is 2.69. The van der Waals surface area contributed by atoms with Crippen LogP contribution in [0.2, 0.25) is 5.02 Å². The highest BCUT2D eigenvalue weighted by molar-refractivity contribution is 7.90. The van der Waals surface area contributed by atoms with Crippen molar-refractivity contribution in [2.75, 3.05) is 31.4 Å². The van der Waals surface area contributed by atoms with Gasteiger partial charge in [0.05, 0.1) is 10.7 Å². The van der Waals surface area contributed by atoms with Gasteiger partial charge in [-0.05, 0) is 38.1 Å². The lowest BCUT2D eigenvalue weighted by molar-refractivity contribution is 0.459. The number of halogens is 1. The molecule has 0 aromatic heterocycles. The predicted octanol–water partition coefficient (Wildman–Crippen LogP) is 2.24. The van der Waals surface area contributed by atoms with E-state index in [0.29, 0.717) is 17.3 Å². The summed E-state index contributed by atoms with van der Waals surface area (Å²) >= 11 is 6.03. The molecule has 0 atom stereocenters. The molecule has 0 aliphatic rings. The third-order valence-corrected chi connectivity index (χ3v) is 4.72. The summed E-state index contributed by atoms with van der Waals surface area (Å²) in [6.45, 7) is 5.96. The Morgan fingerprint density at radius 3 is 2.65 bits per heavy atom. The fourth-order valence-electron chi connectivity index (χ4n) is 1.69. The van der Waals surface area contributed by atoms with Crippen LogP contribution in [0.5, 0.6) is 0 Å². The standard InChI is InChI=1S/C13H22ClN3O2S/c1-4-15-9-6-10-17(3)20(18,19)16-13-11(2)7-5-8-12(13)14/h5,7-8,15-16H,4,6,9-10H2,1-3H3. The SMILES string of the molecule is CCNCCCN(C)S(=O)(=O)Nc1c(C)cccc1Cl. The molecule has 0 saturated carbocycles. The zero-order chi connectivity index (χ0) is 15.2. The first kappa shape index (κ1) is 17.2. The van der Waals surface area contributed by atoms with Crippen LogP contribution in [0.1, 0.15) is 18.9 Å². The van der Waals surface area contributed by atoms with E-state index in [2.05, 4.69) is 10.0 Å². The average molecular weight is 320 g/mol. The summed E-state index contributed by atoms with van der Waals surface area (Å²) in [5.41, 5.74) is 1.23. The van der Waals surface area contributed by atoms with Crippen molar-refractivity contribution in [2.24, 2.45) is 0 Å². The quantitative estimate of drug-likeness (QED) is 0.722. The van der Waals surface area contributed by atoms with Gasteiger partial charge in [0.15, 0.2) is 0 Å². The number of nitrogens with zero attached hydrogens (tertiary/aromatic N) is 1. The minimum Gasteiger partial charge on any atom is -0.317 e. The van der Waals surface area contributed by atoms with Gasteiger partial charge < -0.3 is 5.32 Å². The van der Waals surface area contributed by atoms with Crippen molar-refractivity contribution < 1.29 is 8.42 Å². The lowest BCUT2D eigenvalue weighted by Crippen LogP contribution is -2.34. The highest BCUT2D eigenvalue weighted by Gasteiger charge is 2.19. The number of rotatable bonds is 8. The van der Waals surface area contributed by atoms with Crippen LogP contribution in [-0.4, -0.2) is 39.4 Å². The molecule has 0 aliphatic carbocycles. The molecule has 20 heavy (non-hydrogen) atoms. The number of nitrogens with one attached hydrogen (secondary N) is 2. The summed E-state index contributed by atoms with van der Waals surface area (Å²) in [6.07, 6.45) is 0.757. The molecule has 0 heterocycles. The van der Waals surface area contributed by atoms with Gasteiger partial charge in [-0.1, -0.05) is 30.7 Å². The molecule has 2 N–H and O–H groups in total. The fourth-order valence-corrected chi connectivity index (χ4v) is 3.07. The summed E-state index contributed by atoms with van der Waals surface area (Å²) < 4.78 is 28.2. The fraction of sp³-hybridized carbons (Fsp3) is 0.538. The highest BCUT2D eigenvalue weighted by atomic mass is 35.5. The maximum absolute atomic E-state index is 12.2. The highest BCUT2D eigenvalue weighted by Crippen LogP contribution is 2.26. The third-order valence-electron chi connectivity index (χ3n) is 2.94. The van der Waals surface area contributed by atoms with Crippen LogP contribution in [0.25, 0.3) is 0 Å². The van der Waals surface area contributed by atoms with E-state index in [4.69, 9.17) is 11.6 Å². The molecule has 1 rings (SSSR count). The molecule has 114 valence electrons. The van der Waals surface area contributed by atoms with Gasteiger partial charge in [-0.15, -0.1) is 0 Å². The molecule has 7 heteroatoms. The number of benzene rings is 1. The van der Waals surface area contributed by atoms with Crippen molar-refractivity contribution >= 4 is 27.5 Å². The van der Waals surface area contributed by atoms with Gasteiger partial charge in [0.2, 0.25) is 0 Å². The summed E-state index contributed by atoms with van der Waals surface area (Å²) in [4.78, 5) is 0. The topological polar surface area (TPSA) is 61.4 Å². The molecule has 0 saturated heterocycles. The first-order chi connectivity index (χ1) is 9.38. The van der Waals surface area contributed by atoms with Crippen LogP contribution in [0.15, 0.2) is 18.2 Å². The molecule has 1 aromatic rings. The molecule has 0 spiro atoms.